The Morgan fingerprint density at radius 2 is 1.12 bits per heavy atom. The second-order valence-corrected chi connectivity index (χ2v) is 17.2. The molecule has 0 fully saturated rings. The highest BCUT2D eigenvalue weighted by atomic mass is 35.5. The molecule has 0 radical (unpaired) electrons. The van der Waals surface area contributed by atoms with Gasteiger partial charge in [0.1, 0.15) is 0 Å². The molecular weight excluding hydrogens is 290 g/mol. The van der Waals surface area contributed by atoms with Crippen molar-refractivity contribution in [3.63, 3.8) is 0 Å². The maximum absolute atomic E-state index is 14.1. The predicted octanol–water partition coefficient (Wildman–Crippen LogP) is 4.22. The van der Waals surface area contributed by atoms with Crippen LogP contribution in [0, 0.1) is 5.82 Å². The van der Waals surface area contributed by atoms with Gasteiger partial charge in [-0.15, -0.1) is 0 Å². The number of benzene rings is 1. The molecule has 0 bridgehead atoms. The van der Waals surface area contributed by atoms with Gasteiger partial charge in [-0.25, -0.2) is 4.39 Å². The lowest BCUT2D eigenvalue weighted by atomic mass is 10.3. The number of hydrogen-bond acceptors (Lipinski definition) is 0. The molecule has 1 rings (SSSR count). The van der Waals surface area contributed by atoms with E-state index in [0.717, 1.165) is 10.4 Å². The second kappa shape index (κ2) is 4.69. The first-order chi connectivity index (χ1) is 7.46. The molecule has 0 aliphatic rings. The molecule has 0 aliphatic carbocycles. The van der Waals surface area contributed by atoms with E-state index in [-0.39, 0.29) is 10.0 Å². The minimum absolute atomic E-state index is 0.219. The summed E-state index contributed by atoms with van der Waals surface area (Å²) in [4.78, 5) is 0. The Kier molecular flexibility index (Phi) is 4.20. The Bertz CT molecular complexity index is 407. The smallest absolute Gasteiger partial charge is 0.160 e. The lowest BCUT2D eigenvalue weighted by Crippen LogP contribution is -2.46. The Morgan fingerprint density at radius 1 is 0.824 bits per heavy atom. The van der Waals surface area contributed by atoms with Gasteiger partial charge in [0.15, 0.2) is 5.82 Å². The van der Waals surface area contributed by atoms with Gasteiger partial charge >= 0.3 is 0 Å². The molecule has 0 aliphatic heterocycles. The fourth-order valence-electron chi connectivity index (χ4n) is 1.70. The molecule has 1 aromatic rings. The molecule has 0 saturated carbocycles. The Morgan fingerprint density at radius 3 is 1.35 bits per heavy atom. The highest BCUT2D eigenvalue weighted by molar-refractivity contribution is 6.93. The molecule has 5 heteroatoms. The molecule has 0 spiro atoms. The van der Waals surface area contributed by atoms with Crippen LogP contribution in [-0.2, 0) is 0 Å². The van der Waals surface area contributed by atoms with Crippen molar-refractivity contribution in [3.05, 3.63) is 21.9 Å². The number of hydrogen-bond donors (Lipinski definition) is 0. The highest BCUT2D eigenvalue weighted by Gasteiger charge is 2.29. The van der Waals surface area contributed by atoms with Crippen molar-refractivity contribution in [3.8, 4) is 0 Å². The lowest BCUT2D eigenvalue weighted by Gasteiger charge is -2.25. The summed E-state index contributed by atoms with van der Waals surface area (Å²) in [6.45, 7) is 13.0. The van der Waals surface area contributed by atoms with Crippen LogP contribution >= 0.6 is 23.2 Å². The van der Waals surface area contributed by atoms with E-state index in [1.807, 2.05) is 6.07 Å². The molecule has 0 atom stereocenters. The van der Waals surface area contributed by atoms with Crippen LogP contribution in [-0.4, -0.2) is 16.1 Å². The summed E-state index contributed by atoms with van der Waals surface area (Å²) in [7, 11) is -3.30. The molecule has 0 heterocycles. The van der Waals surface area contributed by atoms with Gasteiger partial charge in [-0.2, -0.15) is 0 Å². The molecule has 0 N–H and O–H groups in total. The third kappa shape index (κ3) is 3.13. The number of rotatable bonds is 2. The van der Waals surface area contributed by atoms with Gasteiger partial charge in [-0.1, -0.05) is 68.6 Å². The summed E-state index contributed by atoms with van der Waals surface area (Å²) in [6, 6.07) is 2.05. The highest BCUT2D eigenvalue weighted by Crippen LogP contribution is 2.24. The molecular formula is C12H19Cl2FSi2. The van der Waals surface area contributed by atoms with E-state index in [1.54, 1.807) is 0 Å². The van der Waals surface area contributed by atoms with Gasteiger partial charge in [0.2, 0.25) is 0 Å². The molecule has 1 aromatic carbocycles. The zero-order valence-electron chi connectivity index (χ0n) is 11.2. The molecule has 0 amide bonds. The fraction of sp³-hybridized carbons (Fsp3) is 0.500. The zero-order chi connectivity index (χ0) is 13.6. The van der Waals surface area contributed by atoms with Crippen molar-refractivity contribution >= 4 is 49.7 Å². The van der Waals surface area contributed by atoms with Crippen molar-refractivity contribution in [2.24, 2.45) is 0 Å². The first-order valence-corrected chi connectivity index (χ1v) is 13.4. The summed E-state index contributed by atoms with van der Waals surface area (Å²) in [5.74, 6) is -0.439. The van der Waals surface area contributed by atoms with Crippen molar-refractivity contribution in [1.82, 2.24) is 0 Å². The van der Waals surface area contributed by atoms with Crippen molar-refractivity contribution < 1.29 is 4.39 Å². The van der Waals surface area contributed by atoms with E-state index in [1.165, 1.54) is 0 Å². The van der Waals surface area contributed by atoms with E-state index in [2.05, 4.69) is 39.3 Å². The first kappa shape index (κ1) is 15.2. The van der Waals surface area contributed by atoms with E-state index < -0.39 is 22.0 Å². The SMILES string of the molecule is C[Si](C)(C)c1cc([Si](C)(C)C)c(Cl)c(F)c1Cl. The van der Waals surface area contributed by atoms with Gasteiger partial charge in [-0.3, -0.25) is 0 Å². The largest absolute Gasteiger partial charge is 0.204 e. The van der Waals surface area contributed by atoms with E-state index in [9.17, 15) is 4.39 Å². The van der Waals surface area contributed by atoms with Crippen LogP contribution in [0.3, 0.4) is 0 Å². The zero-order valence-corrected chi connectivity index (χ0v) is 14.7. The molecule has 0 unspecified atom stereocenters. The maximum Gasteiger partial charge on any atom is 0.160 e. The topological polar surface area (TPSA) is 0 Å². The lowest BCUT2D eigenvalue weighted by molar-refractivity contribution is 0.630. The van der Waals surface area contributed by atoms with Gasteiger partial charge < -0.3 is 0 Å². The van der Waals surface area contributed by atoms with E-state index >= 15 is 0 Å². The Labute approximate surface area is 115 Å². The van der Waals surface area contributed by atoms with Crippen molar-refractivity contribution in [2.45, 2.75) is 39.3 Å². The van der Waals surface area contributed by atoms with Crippen LogP contribution in [0.1, 0.15) is 0 Å². The average molecular weight is 309 g/mol. The molecule has 0 aromatic heterocycles. The summed E-state index contributed by atoms with van der Waals surface area (Å²) >= 11 is 12.2. The van der Waals surface area contributed by atoms with Crippen molar-refractivity contribution in [1.29, 1.82) is 0 Å². The van der Waals surface area contributed by atoms with Gasteiger partial charge in [0.25, 0.3) is 0 Å². The van der Waals surface area contributed by atoms with Crippen LogP contribution in [0.4, 0.5) is 4.39 Å². The van der Waals surface area contributed by atoms with Crippen LogP contribution < -0.4 is 10.4 Å². The third-order valence-electron chi connectivity index (χ3n) is 2.76. The summed E-state index contributed by atoms with van der Waals surface area (Å²) in [5, 5.41) is 2.38. The van der Waals surface area contributed by atoms with Crippen LogP contribution in [0.25, 0.3) is 0 Å². The minimum atomic E-state index is -1.65. The van der Waals surface area contributed by atoms with Crippen LogP contribution in [0.15, 0.2) is 6.07 Å². The maximum atomic E-state index is 14.1. The molecule has 17 heavy (non-hydrogen) atoms. The second-order valence-electron chi connectivity index (χ2n) is 6.41. The summed E-state index contributed by atoms with van der Waals surface area (Å²) in [6.07, 6.45) is 0. The van der Waals surface area contributed by atoms with Gasteiger partial charge in [-0.05, 0) is 10.4 Å². The van der Waals surface area contributed by atoms with E-state index in [4.69, 9.17) is 23.2 Å². The van der Waals surface area contributed by atoms with Crippen LogP contribution in [0.5, 0.6) is 0 Å². The standard InChI is InChI=1S/C12H19Cl2FSi2/c1-16(2,3)8-7-9(17(4,5)6)11(14)12(15)10(8)13/h7H,1-6H3. The third-order valence-corrected chi connectivity index (χ3v) is 7.84. The Hall–Kier alpha value is 0.164. The van der Waals surface area contributed by atoms with Crippen LogP contribution in [0.2, 0.25) is 49.3 Å². The quantitative estimate of drug-likeness (QED) is 0.567. The molecule has 0 saturated heterocycles. The summed E-state index contributed by atoms with van der Waals surface area (Å²) in [5.41, 5.74) is 0. The summed E-state index contributed by atoms with van der Waals surface area (Å²) < 4.78 is 14.1. The minimum Gasteiger partial charge on any atom is -0.204 e. The number of halogens is 3. The van der Waals surface area contributed by atoms with Crippen molar-refractivity contribution in [2.75, 3.05) is 0 Å². The normalized spacial score (nSPS) is 13.0. The first-order valence-electron chi connectivity index (χ1n) is 5.64. The fourth-order valence-corrected chi connectivity index (χ4v) is 6.58. The monoisotopic (exact) mass is 308 g/mol. The molecule has 0 nitrogen and oxygen atoms in total. The molecule has 96 valence electrons. The Balaban J connectivity index is 3.63. The predicted molar refractivity (Wildman–Crippen MR) is 82.4 cm³/mol. The average Bonchev–Trinajstić information content (AvgIpc) is 2.10. The van der Waals surface area contributed by atoms with E-state index in [0.29, 0.717) is 0 Å². The van der Waals surface area contributed by atoms with Gasteiger partial charge in [0.05, 0.1) is 26.2 Å². The van der Waals surface area contributed by atoms with Gasteiger partial charge in [0, 0.05) is 0 Å².